The van der Waals surface area contributed by atoms with E-state index in [-0.39, 0.29) is 12.9 Å². The fraction of sp³-hybridized carbons (Fsp3) is 0.619. The second kappa shape index (κ2) is 11.5. The summed E-state index contributed by atoms with van der Waals surface area (Å²) in [5.74, 6) is 2.75. The lowest BCUT2D eigenvalue weighted by Crippen LogP contribution is -2.49. The first-order chi connectivity index (χ1) is 14.5. The van der Waals surface area contributed by atoms with E-state index < -0.39 is 0 Å². The highest BCUT2D eigenvalue weighted by Crippen LogP contribution is 2.32. The molecule has 9 heteroatoms. The monoisotopic (exact) mass is 419 g/mol. The lowest BCUT2D eigenvalue weighted by Gasteiger charge is -2.44. The van der Waals surface area contributed by atoms with Gasteiger partial charge in [0.15, 0.2) is 11.6 Å². The minimum absolute atomic E-state index is 0.250. The Morgan fingerprint density at radius 1 is 1.07 bits per heavy atom. The van der Waals surface area contributed by atoms with Gasteiger partial charge in [0.2, 0.25) is 0 Å². The van der Waals surface area contributed by atoms with E-state index >= 15 is 0 Å². The molecule has 0 aliphatic carbocycles. The van der Waals surface area contributed by atoms with E-state index in [1.807, 2.05) is 6.20 Å². The highest BCUT2D eigenvalue weighted by molar-refractivity contribution is 5.47. The number of nitrogens with zero attached hydrogens (tertiary/aromatic N) is 5. The van der Waals surface area contributed by atoms with Crippen molar-refractivity contribution in [3.63, 3.8) is 0 Å². The molecule has 2 saturated heterocycles. The third kappa shape index (κ3) is 5.47. The number of rotatable bonds is 3. The predicted molar refractivity (Wildman–Crippen MR) is 113 cm³/mol. The first-order valence-electron chi connectivity index (χ1n) is 10.4. The second-order valence-electron chi connectivity index (χ2n) is 7.78. The molecule has 4 rings (SSSR count). The van der Waals surface area contributed by atoms with Gasteiger partial charge in [-0.2, -0.15) is 0 Å². The number of aryl methyl sites for hydroxylation is 1. The average Bonchev–Trinajstić information content (AvgIpc) is 3.29. The van der Waals surface area contributed by atoms with Gasteiger partial charge < -0.3 is 24.2 Å². The van der Waals surface area contributed by atoms with Crippen molar-refractivity contribution in [3.8, 4) is 11.6 Å². The van der Waals surface area contributed by atoms with E-state index in [1.54, 1.807) is 0 Å². The SMILES string of the molecule is Cc1nc(-c2nccn2C[C@@H]2CCCN3CCCC[C@H]23)n(C)c1C.O=CO.O=CO. The molecule has 0 spiro atoms. The van der Waals surface area contributed by atoms with E-state index in [0.717, 1.165) is 35.8 Å². The van der Waals surface area contributed by atoms with Gasteiger partial charge in [-0.25, -0.2) is 9.97 Å². The van der Waals surface area contributed by atoms with Gasteiger partial charge in [-0.3, -0.25) is 9.59 Å². The summed E-state index contributed by atoms with van der Waals surface area (Å²) in [5.41, 5.74) is 2.31. The van der Waals surface area contributed by atoms with E-state index in [0.29, 0.717) is 0 Å². The van der Waals surface area contributed by atoms with Crippen molar-refractivity contribution in [3.05, 3.63) is 23.8 Å². The van der Waals surface area contributed by atoms with Crippen molar-refractivity contribution in [2.75, 3.05) is 13.1 Å². The number of piperidine rings is 2. The van der Waals surface area contributed by atoms with E-state index in [9.17, 15) is 0 Å². The van der Waals surface area contributed by atoms with Crippen LogP contribution in [0.15, 0.2) is 12.4 Å². The van der Waals surface area contributed by atoms with Crippen LogP contribution in [0.4, 0.5) is 0 Å². The summed E-state index contributed by atoms with van der Waals surface area (Å²) in [6, 6.07) is 0.771. The van der Waals surface area contributed by atoms with Crippen molar-refractivity contribution < 1.29 is 19.8 Å². The molecule has 2 N–H and O–H groups in total. The van der Waals surface area contributed by atoms with Gasteiger partial charge in [-0.05, 0) is 58.5 Å². The predicted octanol–water partition coefficient (Wildman–Crippen LogP) is 2.57. The minimum Gasteiger partial charge on any atom is -0.483 e. The fourth-order valence-electron chi connectivity index (χ4n) is 4.62. The summed E-state index contributed by atoms with van der Waals surface area (Å²) in [7, 11) is 2.09. The van der Waals surface area contributed by atoms with Gasteiger partial charge >= 0.3 is 0 Å². The number of carbonyl (C=O) groups is 2. The number of hydrogen-bond acceptors (Lipinski definition) is 5. The van der Waals surface area contributed by atoms with Crippen LogP contribution < -0.4 is 0 Å². The van der Waals surface area contributed by atoms with Gasteiger partial charge in [0.05, 0.1) is 5.69 Å². The second-order valence-corrected chi connectivity index (χ2v) is 7.78. The smallest absolute Gasteiger partial charge is 0.290 e. The lowest BCUT2D eigenvalue weighted by atomic mass is 9.83. The molecule has 2 aliphatic rings. The first-order valence-corrected chi connectivity index (χ1v) is 10.4. The fourth-order valence-corrected chi connectivity index (χ4v) is 4.62. The minimum atomic E-state index is -0.250. The Hall–Kier alpha value is -2.68. The Balaban J connectivity index is 0.000000480. The zero-order chi connectivity index (χ0) is 22.1. The number of hydrogen-bond donors (Lipinski definition) is 2. The average molecular weight is 420 g/mol. The molecule has 2 aliphatic heterocycles. The molecule has 9 nitrogen and oxygen atoms in total. The van der Waals surface area contributed by atoms with Crippen LogP contribution in [0.25, 0.3) is 11.6 Å². The Labute approximate surface area is 177 Å². The van der Waals surface area contributed by atoms with Crippen LogP contribution in [-0.2, 0) is 23.2 Å². The van der Waals surface area contributed by atoms with Gasteiger partial charge in [0.25, 0.3) is 12.9 Å². The van der Waals surface area contributed by atoms with Crippen LogP contribution in [0, 0.1) is 19.8 Å². The van der Waals surface area contributed by atoms with Crippen LogP contribution >= 0.6 is 0 Å². The van der Waals surface area contributed by atoms with E-state index in [4.69, 9.17) is 24.8 Å². The first kappa shape index (κ1) is 23.6. The topological polar surface area (TPSA) is 113 Å². The van der Waals surface area contributed by atoms with Crippen molar-refractivity contribution in [1.29, 1.82) is 0 Å². The van der Waals surface area contributed by atoms with Crippen LogP contribution in [0.3, 0.4) is 0 Å². The molecule has 0 aromatic carbocycles. The third-order valence-corrected chi connectivity index (χ3v) is 6.19. The van der Waals surface area contributed by atoms with Gasteiger partial charge in [0.1, 0.15) is 0 Å². The normalized spacial score (nSPS) is 20.8. The lowest BCUT2D eigenvalue weighted by molar-refractivity contribution is -0.123. The maximum atomic E-state index is 8.36. The highest BCUT2D eigenvalue weighted by Gasteiger charge is 2.33. The van der Waals surface area contributed by atoms with Crippen molar-refractivity contribution >= 4 is 12.9 Å². The van der Waals surface area contributed by atoms with Crippen molar-refractivity contribution in [1.82, 2.24) is 24.0 Å². The molecule has 0 saturated carbocycles. The molecule has 166 valence electrons. The van der Waals surface area contributed by atoms with Crippen molar-refractivity contribution in [2.45, 2.75) is 58.5 Å². The molecule has 2 atom stereocenters. The summed E-state index contributed by atoms with van der Waals surface area (Å²) in [5, 5.41) is 13.8. The Kier molecular flexibility index (Phi) is 9.04. The summed E-state index contributed by atoms with van der Waals surface area (Å²) >= 11 is 0. The van der Waals surface area contributed by atoms with Gasteiger partial charge in [-0.15, -0.1) is 0 Å². The molecule has 2 aromatic rings. The largest absolute Gasteiger partial charge is 0.483 e. The molecule has 0 unspecified atom stereocenters. The molecule has 30 heavy (non-hydrogen) atoms. The molecule has 2 aromatic heterocycles. The van der Waals surface area contributed by atoms with Crippen LogP contribution in [-0.4, -0.2) is 66.3 Å². The summed E-state index contributed by atoms with van der Waals surface area (Å²) in [4.78, 5) is 28.9. The van der Waals surface area contributed by atoms with Crippen LogP contribution in [0.5, 0.6) is 0 Å². The molecule has 0 radical (unpaired) electrons. The highest BCUT2D eigenvalue weighted by atomic mass is 16.3. The molecular formula is C21H33N5O4. The van der Waals surface area contributed by atoms with Crippen LogP contribution in [0.2, 0.25) is 0 Å². The number of fused-ring (bicyclic) bond motifs is 1. The van der Waals surface area contributed by atoms with Gasteiger partial charge in [-0.1, -0.05) is 6.42 Å². The Morgan fingerprint density at radius 3 is 2.37 bits per heavy atom. The van der Waals surface area contributed by atoms with Gasteiger partial charge in [0, 0.05) is 37.7 Å². The molecule has 0 amide bonds. The Morgan fingerprint density at radius 2 is 1.73 bits per heavy atom. The molecule has 2 fully saturated rings. The quantitative estimate of drug-likeness (QED) is 0.735. The summed E-state index contributed by atoms with van der Waals surface area (Å²) in [6.45, 7) is 7.38. The molecule has 0 bridgehead atoms. The number of imidazole rings is 2. The standard InChI is InChI=1S/C19H29N5.2CH2O2/c1-14-15(2)22(3)19(21-14)18-20-9-12-24(18)13-16-7-6-11-23-10-5-4-8-17(16)23;2*2-1-3/h9,12,16-17H,4-8,10-11,13H2,1-3H3;2*1H,(H,2,3)/t16-,17+;;/m0../s1. The zero-order valence-electron chi connectivity index (χ0n) is 18.1. The Bertz CT molecular complexity index is 808. The maximum Gasteiger partial charge on any atom is 0.290 e. The molecule has 4 heterocycles. The zero-order valence-corrected chi connectivity index (χ0v) is 18.1. The summed E-state index contributed by atoms with van der Waals surface area (Å²) < 4.78 is 4.51. The van der Waals surface area contributed by atoms with Crippen molar-refractivity contribution in [2.24, 2.45) is 13.0 Å². The molecular weight excluding hydrogens is 386 g/mol. The number of carboxylic acid groups (broad SMARTS) is 2. The third-order valence-electron chi connectivity index (χ3n) is 6.19. The van der Waals surface area contributed by atoms with E-state index in [1.165, 1.54) is 50.9 Å². The maximum absolute atomic E-state index is 8.36. The summed E-state index contributed by atoms with van der Waals surface area (Å²) in [6.07, 6.45) is 10.9. The van der Waals surface area contributed by atoms with E-state index in [2.05, 4.69) is 46.1 Å². The number of aromatic nitrogens is 4. The van der Waals surface area contributed by atoms with Crippen LogP contribution in [0.1, 0.15) is 43.5 Å².